The van der Waals surface area contributed by atoms with E-state index in [-0.39, 0.29) is 16.7 Å². The van der Waals surface area contributed by atoms with Crippen LogP contribution in [0.2, 0.25) is 0 Å². The maximum absolute atomic E-state index is 13.4. The summed E-state index contributed by atoms with van der Waals surface area (Å²) >= 11 is 1.11. The summed E-state index contributed by atoms with van der Waals surface area (Å²) in [5, 5.41) is 20.8. The molecule has 1 aliphatic heterocycles. The van der Waals surface area contributed by atoms with Crippen LogP contribution in [-0.2, 0) is 9.53 Å². The number of carbonyl (C=O) groups excluding carboxylic acids is 1. The van der Waals surface area contributed by atoms with Gasteiger partial charge in [-0.1, -0.05) is 47.7 Å². The summed E-state index contributed by atoms with van der Waals surface area (Å²) in [7, 11) is 0. The van der Waals surface area contributed by atoms with E-state index < -0.39 is 33.9 Å². The van der Waals surface area contributed by atoms with E-state index in [9.17, 15) is 24.8 Å². The Morgan fingerprint density at radius 2 is 2.03 bits per heavy atom. The number of ether oxygens (including phenoxy) is 1. The molecule has 168 valence electrons. The number of fused-ring (bicyclic) bond motifs is 1. The van der Waals surface area contributed by atoms with Crippen molar-refractivity contribution in [1.82, 2.24) is 4.57 Å². The van der Waals surface area contributed by atoms with Crippen molar-refractivity contribution in [3.05, 3.63) is 101 Å². The normalized spacial score (nSPS) is 15.7. The molecule has 0 saturated carbocycles. The fourth-order valence-corrected chi connectivity index (χ4v) is 4.72. The number of phenolic OH excluding ortho intramolecular Hbond substituents is 1. The first-order valence-electron chi connectivity index (χ1n) is 10.0. The predicted molar refractivity (Wildman–Crippen MR) is 122 cm³/mol. The van der Waals surface area contributed by atoms with Crippen molar-refractivity contribution in [2.75, 3.05) is 6.61 Å². The van der Waals surface area contributed by atoms with Crippen molar-refractivity contribution in [2.45, 2.75) is 19.9 Å². The summed E-state index contributed by atoms with van der Waals surface area (Å²) < 4.78 is 6.97. The lowest BCUT2D eigenvalue weighted by atomic mass is 9.96. The van der Waals surface area contributed by atoms with Crippen molar-refractivity contribution in [2.24, 2.45) is 4.99 Å². The Morgan fingerprint density at radius 3 is 2.70 bits per heavy atom. The van der Waals surface area contributed by atoms with E-state index in [1.807, 2.05) is 30.3 Å². The number of esters is 1. The van der Waals surface area contributed by atoms with Crippen molar-refractivity contribution in [1.29, 1.82) is 0 Å². The van der Waals surface area contributed by atoms with Crippen LogP contribution in [0, 0.1) is 10.1 Å². The Kier molecular flexibility index (Phi) is 5.93. The minimum atomic E-state index is -0.724. The SMILES string of the molecule is CCOC(=O)C1=C(C)N=c2sc(=Cc3ccc(O)c([N+](=O)[O-])c3)c(=O)n2C1c1ccccc1. The van der Waals surface area contributed by atoms with Gasteiger partial charge in [-0.25, -0.2) is 9.79 Å². The van der Waals surface area contributed by atoms with Gasteiger partial charge in [0.15, 0.2) is 10.6 Å². The molecule has 4 rings (SSSR count). The Bertz CT molecular complexity index is 1470. The molecule has 10 heteroatoms. The second kappa shape index (κ2) is 8.83. The molecule has 1 aromatic heterocycles. The number of phenols is 1. The smallest absolute Gasteiger partial charge is 0.338 e. The van der Waals surface area contributed by atoms with E-state index >= 15 is 0 Å². The molecule has 1 atom stereocenters. The van der Waals surface area contributed by atoms with E-state index in [1.165, 1.54) is 28.8 Å². The van der Waals surface area contributed by atoms with Crippen LogP contribution in [0.5, 0.6) is 5.75 Å². The molecule has 1 aliphatic rings. The fourth-order valence-electron chi connectivity index (χ4n) is 3.67. The zero-order valence-corrected chi connectivity index (χ0v) is 18.5. The van der Waals surface area contributed by atoms with E-state index in [4.69, 9.17) is 4.74 Å². The summed E-state index contributed by atoms with van der Waals surface area (Å²) in [6.45, 7) is 3.58. The van der Waals surface area contributed by atoms with Gasteiger partial charge in [-0.3, -0.25) is 19.5 Å². The Hall–Kier alpha value is -4.05. The highest BCUT2D eigenvalue weighted by Gasteiger charge is 2.33. The lowest BCUT2D eigenvalue weighted by Crippen LogP contribution is -2.39. The topological polar surface area (TPSA) is 124 Å². The molecule has 2 heterocycles. The molecule has 0 fully saturated rings. The molecule has 0 amide bonds. The standard InChI is InChI=1S/C23H19N3O6S/c1-3-32-22(29)19-13(2)24-23-25(20(19)15-7-5-4-6-8-15)21(28)18(33-23)12-14-9-10-17(27)16(11-14)26(30)31/h4-12,20,27H,3H2,1-2H3. The molecular weight excluding hydrogens is 446 g/mol. The van der Waals surface area contributed by atoms with Gasteiger partial charge in [-0.15, -0.1) is 0 Å². The monoisotopic (exact) mass is 465 g/mol. The first-order chi connectivity index (χ1) is 15.8. The number of thiazole rings is 1. The van der Waals surface area contributed by atoms with Crippen LogP contribution in [0.15, 0.2) is 69.6 Å². The summed E-state index contributed by atoms with van der Waals surface area (Å²) in [5.41, 5.74) is 0.986. The average Bonchev–Trinajstić information content (AvgIpc) is 3.09. The third kappa shape index (κ3) is 4.08. The molecular formula is C23H19N3O6S. The maximum atomic E-state index is 13.4. The zero-order chi connectivity index (χ0) is 23.7. The number of allylic oxidation sites excluding steroid dienone is 1. The molecule has 2 aromatic carbocycles. The molecule has 0 bridgehead atoms. The lowest BCUT2D eigenvalue weighted by Gasteiger charge is -2.24. The van der Waals surface area contributed by atoms with E-state index in [2.05, 4.69) is 4.99 Å². The van der Waals surface area contributed by atoms with Crippen LogP contribution < -0.4 is 14.9 Å². The number of carbonyl (C=O) groups is 1. The number of nitro groups is 1. The van der Waals surface area contributed by atoms with Gasteiger partial charge in [0.05, 0.1) is 33.4 Å². The van der Waals surface area contributed by atoms with Gasteiger partial charge in [-0.2, -0.15) is 0 Å². The highest BCUT2D eigenvalue weighted by Crippen LogP contribution is 2.30. The third-order valence-corrected chi connectivity index (χ3v) is 6.11. The van der Waals surface area contributed by atoms with Crippen molar-refractivity contribution in [3.63, 3.8) is 0 Å². The number of aromatic hydroxyl groups is 1. The van der Waals surface area contributed by atoms with Gasteiger partial charge in [0.2, 0.25) is 0 Å². The number of hydrogen-bond donors (Lipinski definition) is 1. The Balaban J connectivity index is 1.94. The van der Waals surface area contributed by atoms with Gasteiger partial charge in [0.1, 0.15) is 0 Å². The van der Waals surface area contributed by atoms with Gasteiger partial charge in [-0.05, 0) is 37.1 Å². The van der Waals surface area contributed by atoms with Crippen molar-refractivity contribution in [3.8, 4) is 5.75 Å². The van der Waals surface area contributed by atoms with Crippen LogP contribution >= 0.6 is 11.3 Å². The van der Waals surface area contributed by atoms with Crippen molar-refractivity contribution < 1.29 is 19.6 Å². The van der Waals surface area contributed by atoms with E-state index in [0.29, 0.717) is 16.1 Å². The zero-order valence-electron chi connectivity index (χ0n) is 17.7. The van der Waals surface area contributed by atoms with Crippen LogP contribution in [0.25, 0.3) is 6.08 Å². The number of hydrogen-bond acceptors (Lipinski definition) is 8. The Labute approximate surface area is 191 Å². The predicted octanol–water partition coefficient (Wildman–Crippen LogP) is 2.41. The molecule has 0 radical (unpaired) electrons. The molecule has 1 unspecified atom stereocenters. The summed E-state index contributed by atoms with van der Waals surface area (Å²) in [5.74, 6) is -1.01. The minimum absolute atomic E-state index is 0.182. The molecule has 3 aromatic rings. The first-order valence-corrected chi connectivity index (χ1v) is 10.9. The van der Waals surface area contributed by atoms with Gasteiger partial charge < -0.3 is 9.84 Å². The van der Waals surface area contributed by atoms with Gasteiger partial charge in [0, 0.05) is 6.07 Å². The van der Waals surface area contributed by atoms with Crippen LogP contribution in [0.4, 0.5) is 5.69 Å². The van der Waals surface area contributed by atoms with Crippen LogP contribution in [-0.4, -0.2) is 27.2 Å². The number of nitrogens with zero attached hydrogens (tertiary/aromatic N) is 3. The van der Waals surface area contributed by atoms with Crippen LogP contribution in [0.3, 0.4) is 0 Å². The van der Waals surface area contributed by atoms with Crippen molar-refractivity contribution >= 4 is 29.1 Å². The maximum Gasteiger partial charge on any atom is 0.338 e. The minimum Gasteiger partial charge on any atom is -0.502 e. The fraction of sp³-hybridized carbons (Fsp3) is 0.174. The van der Waals surface area contributed by atoms with E-state index in [0.717, 1.165) is 16.9 Å². The molecule has 1 N–H and O–H groups in total. The number of benzene rings is 2. The second-order valence-electron chi connectivity index (χ2n) is 7.22. The highest BCUT2D eigenvalue weighted by atomic mass is 32.1. The Morgan fingerprint density at radius 1 is 1.30 bits per heavy atom. The summed E-state index contributed by atoms with van der Waals surface area (Å²) in [6, 6.07) is 12.3. The summed E-state index contributed by atoms with van der Waals surface area (Å²) in [6.07, 6.45) is 1.50. The van der Waals surface area contributed by atoms with Crippen LogP contribution in [0.1, 0.15) is 31.0 Å². The van der Waals surface area contributed by atoms with E-state index in [1.54, 1.807) is 13.8 Å². The first kappa shape index (κ1) is 22.2. The highest BCUT2D eigenvalue weighted by molar-refractivity contribution is 7.07. The van der Waals surface area contributed by atoms with Gasteiger partial charge >= 0.3 is 11.7 Å². The molecule has 0 aliphatic carbocycles. The quantitative estimate of drug-likeness (QED) is 0.351. The molecule has 33 heavy (non-hydrogen) atoms. The largest absolute Gasteiger partial charge is 0.502 e. The average molecular weight is 465 g/mol. The molecule has 0 spiro atoms. The summed E-state index contributed by atoms with van der Waals surface area (Å²) in [4.78, 5) is 41.6. The number of nitro benzene ring substituents is 1. The second-order valence-corrected chi connectivity index (χ2v) is 8.23. The molecule has 9 nitrogen and oxygen atoms in total. The number of rotatable bonds is 5. The molecule has 0 saturated heterocycles. The third-order valence-electron chi connectivity index (χ3n) is 5.13. The lowest BCUT2D eigenvalue weighted by molar-refractivity contribution is -0.385. The van der Waals surface area contributed by atoms with Gasteiger partial charge in [0.25, 0.3) is 5.56 Å². The number of aromatic nitrogens is 1.